The minimum Gasteiger partial charge on any atom is -0.444 e. The van der Waals surface area contributed by atoms with Gasteiger partial charge in [0.2, 0.25) is 0 Å². The largest absolute Gasteiger partial charge is 0.444 e. The van der Waals surface area contributed by atoms with Crippen molar-refractivity contribution in [1.82, 2.24) is 10.2 Å². The number of rotatable bonds is 3. The topological polar surface area (TPSA) is 41.6 Å². The molecule has 4 nitrogen and oxygen atoms in total. The molecule has 0 bridgehead atoms. The third-order valence-corrected chi connectivity index (χ3v) is 2.75. The zero-order valence-corrected chi connectivity index (χ0v) is 10.9. The minimum atomic E-state index is -0.408. The van der Waals surface area contributed by atoms with Crippen LogP contribution in [0.3, 0.4) is 0 Å². The van der Waals surface area contributed by atoms with Crippen LogP contribution in [0, 0.1) is 5.92 Å². The SMILES string of the molecule is CCN1CCC(CNC(=O)OC(C)(C)C)C1. The van der Waals surface area contributed by atoms with E-state index < -0.39 is 5.60 Å². The Labute approximate surface area is 98.3 Å². The summed E-state index contributed by atoms with van der Waals surface area (Å²) in [5, 5.41) is 2.84. The molecule has 1 atom stereocenters. The Morgan fingerprint density at radius 3 is 2.69 bits per heavy atom. The average molecular weight is 228 g/mol. The van der Waals surface area contributed by atoms with Crippen LogP contribution in [0.4, 0.5) is 4.79 Å². The van der Waals surface area contributed by atoms with E-state index in [9.17, 15) is 4.79 Å². The third kappa shape index (κ3) is 4.84. The van der Waals surface area contributed by atoms with Crippen molar-refractivity contribution in [3.63, 3.8) is 0 Å². The number of likely N-dealkylation sites (tertiary alicyclic amines) is 1. The zero-order valence-electron chi connectivity index (χ0n) is 10.9. The maximum absolute atomic E-state index is 11.4. The van der Waals surface area contributed by atoms with E-state index in [1.807, 2.05) is 20.8 Å². The van der Waals surface area contributed by atoms with Crippen molar-refractivity contribution in [2.75, 3.05) is 26.2 Å². The van der Waals surface area contributed by atoms with Crippen molar-refractivity contribution in [3.8, 4) is 0 Å². The molecule has 1 N–H and O–H groups in total. The molecule has 0 spiro atoms. The van der Waals surface area contributed by atoms with Crippen molar-refractivity contribution in [2.24, 2.45) is 5.92 Å². The van der Waals surface area contributed by atoms with E-state index in [0.29, 0.717) is 5.92 Å². The molecule has 0 aromatic heterocycles. The van der Waals surface area contributed by atoms with Crippen LogP contribution in [0.1, 0.15) is 34.1 Å². The molecular weight excluding hydrogens is 204 g/mol. The second-order valence-corrected chi connectivity index (χ2v) is 5.43. The molecule has 0 aromatic rings. The van der Waals surface area contributed by atoms with E-state index in [-0.39, 0.29) is 6.09 Å². The molecule has 0 aromatic carbocycles. The first-order valence-electron chi connectivity index (χ1n) is 6.10. The zero-order chi connectivity index (χ0) is 12.2. The number of nitrogens with zero attached hydrogens (tertiary/aromatic N) is 1. The number of hydrogen-bond acceptors (Lipinski definition) is 3. The van der Waals surface area contributed by atoms with E-state index in [0.717, 1.165) is 26.2 Å². The highest BCUT2D eigenvalue weighted by Gasteiger charge is 2.22. The summed E-state index contributed by atoms with van der Waals surface area (Å²) in [5.41, 5.74) is -0.408. The van der Waals surface area contributed by atoms with Gasteiger partial charge in [0, 0.05) is 13.1 Å². The highest BCUT2D eigenvalue weighted by atomic mass is 16.6. The van der Waals surface area contributed by atoms with Gasteiger partial charge in [0.1, 0.15) is 5.60 Å². The Morgan fingerprint density at radius 1 is 1.50 bits per heavy atom. The Hall–Kier alpha value is -0.770. The second-order valence-electron chi connectivity index (χ2n) is 5.43. The number of alkyl carbamates (subject to hydrolysis) is 1. The van der Waals surface area contributed by atoms with E-state index in [1.54, 1.807) is 0 Å². The average Bonchev–Trinajstić information content (AvgIpc) is 2.59. The summed E-state index contributed by atoms with van der Waals surface area (Å²) in [6, 6.07) is 0. The molecule has 94 valence electrons. The first-order valence-corrected chi connectivity index (χ1v) is 6.10. The van der Waals surface area contributed by atoms with Gasteiger partial charge in [-0.25, -0.2) is 4.79 Å². The molecule has 0 radical (unpaired) electrons. The van der Waals surface area contributed by atoms with E-state index in [4.69, 9.17) is 4.74 Å². The quantitative estimate of drug-likeness (QED) is 0.801. The highest BCUT2D eigenvalue weighted by Crippen LogP contribution is 2.14. The van der Waals surface area contributed by atoms with Gasteiger partial charge in [-0.05, 0) is 46.2 Å². The summed E-state index contributed by atoms with van der Waals surface area (Å²) in [5.74, 6) is 0.576. The molecule has 16 heavy (non-hydrogen) atoms. The molecule has 1 heterocycles. The molecular formula is C12H24N2O2. The first-order chi connectivity index (χ1) is 7.40. The van der Waals surface area contributed by atoms with E-state index in [2.05, 4.69) is 17.1 Å². The van der Waals surface area contributed by atoms with Gasteiger partial charge in [-0.3, -0.25) is 0 Å². The van der Waals surface area contributed by atoms with Crippen LogP contribution in [0.5, 0.6) is 0 Å². The second kappa shape index (κ2) is 5.53. The van der Waals surface area contributed by atoms with Crippen LogP contribution < -0.4 is 5.32 Å². The fourth-order valence-electron chi connectivity index (χ4n) is 1.91. The van der Waals surface area contributed by atoms with E-state index >= 15 is 0 Å². The number of nitrogens with one attached hydrogen (secondary N) is 1. The van der Waals surface area contributed by atoms with Gasteiger partial charge in [-0.2, -0.15) is 0 Å². The van der Waals surface area contributed by atoms with Gasteiger partial charge in [0.05, 0.1) is 0 Å². The van der Waals surface area contributed by atoms with Gasteiger partial charge in [-0.1, -0.05) is 6.92 Å². The maximum atomic E-state index is 11.4. The lowest BCUT2D eigenvalue weighted by Crippen LogP contribution is -2.36. The molecule has 1 aliphatic rings. The number of amides is 1. The van der Waals surface area contributed by atoms with Crippen LogP contribution in [-0.2, 0) is 4.74 Å². The lowest BCUT2D eigenvalue weighted by atomic mass is 10.1. The summed E-state index contributed by atoms with van der Waals surface area (Å²) in [4.78, 5) is 13.8. The monoisotopic (exact) mass is 228 g/mol. The minimum absolute atomic E-state index is 0.303. The van der Waals surface area contributed by atoms with Crippen molar-refractivity contribution in [2.45, 2.75) is 39.7 Å². The molecule has 0 aliphatic carbocycles. The van der Waals surface area contributed by atoms with Crippen molar-refractivity contribution in [3.05, 3.63) is 0 Å². The number of hydrogen-bond donors (Lipinski definition) is 1. The van der Waals surface area contributed by atoms with Crippen LogP contribution in [0.2, 0.25) is 0 Å². The summed E-state index contributed by atoms with van der Waals surface area (Å²) >= 11 is 0. The molecule has 4 heteroatoms. The molecule has 1 unspecified atom stereocenters. The van der Waals surface area contributed by atoms with Crippen molar-refractivity contribution < 1.29 is 9.53 Å². The molecule has 1 rings (SSSR count). The normalized spacial score (nSPS) is 22.1. The van der Waals surface area contributed by atoms with Crippen LogP contribution in [-0.4, -0.2) is 42.8 Å². The van der Waals surface area contributed by atoms with Gasteiger partial charge in [0.25, 0.3) is 0 Å². The Morgan fingerprint density at radius 2 is 2.19 bits per heavy atom. The fraction of sp³-hybridized carbons (Fsp3) is 0.917. The number of ether oxygens (including phenoxy) is 1. The lowest BCUT2D eigenvalue weighted by Gasteiger charge is -2.20. The Kier molecular flexibility index (Phi) is 4.59. The van der Waals surface area contributed by atoms with Crippen molar-refractivity contribution >= 4 is 6.09 Å². The summed E-state index contributed by atoms with van der Waals surface area (Å²) in [7, 11) is 0. The van der Waals surface area contributed by atoms with Crippen LogP contribution in [0.25, 0.3) is 0 Å². The smallest absolute Gasteiger partial charge is 0.407 e. The van der Waals surface area contributed by atoms with Gasteiger partial charge in [-0.15, -0.1) is 0 Å². The Bertz CT molecular complexity index is 236. The fourth-order valence-corrected chi connectivity index (χ4v) is 1.91. The van der Waals surface area contributed by atoms with Gasteiger partial charge in [0.15, 0.2) is 0 Å². The standard InChI is InChI=1S/C12H24N2O2/c1-5-14-7-6-10(9-14)8-13-11(15)16-12(2,3)4/h10H,5-9H2,1-4H3,(H,13,15). The Balaban J connectivity index is 2.18. The highest BCUT2D eigenvalue weighted by molar-refractivity contribution is 5.67. The first kappa shape index (κ1) is 13.3. The third-order valence-electron chi connectivity index (χ3n) is 2.75. The van der Waals surface area contributed by atoms with Crippen LogP contribution >= 0.6 is 0 Å². The summed E-state index contributed by atoms with van der Waals surface area (Å²) in [6.07, 6.45) is 0.867. The number of carbonyl (C=O) groups is 1. The molecule has 1 fully saturated rings. The number of carbonyl (C=O) groups excluding carboxylic acids is 1. The summed E-state index contributed by atoms with van der Waals surface area (Å²) < 4.78 is 5.19. The maximum Gasteiger partial charge on any atom is 0.407 e. The van der Waals surface area contributed by atoms with E-state index in [1.165, 1.54) is 6.42 Å². The van der Waals surface area contributed by atoms with Gasteiger partial charge >= 0.3 is 6.09 Å². The molecule has 0 saturated carbocycles. The lowest BCUT2D eigenvalue weighted by molar-refractivity contribution is 0.0520. The molecule has 1 aliphatic heterocycles. The predicted octanol–water partition coefficient (Wildman–Crippen LogP) is 1.85. The van der Waals surface area contributed by atoms with Gasteiger partial charge < -0.3 is 15.0 Å². The molecule has 1 amide bonds. The van der Waals surface area contributed by atoms with Crippen LogP contribution in [0.15, 0.2) is 0 Å². The summed E-state index contributed by atoms with van der Waals surface area (Å²) in [6.45, 7) is 11.9. The predicted molar refractivity (Wildman–Crippen MR) is 64.5 cm³/mol. The van der Waals surface area contributed by atoms with Crippen molar-refractivity contribution in [1.29, 1.82) is 0 Å². The molecule has 1 saturated heterocycles.